The fraction of sp³-hybridized carbons (Fsp3) is 0.0625. The monoisotopic (exact) mass is 308 g/mol. The highest BCUT2D eigenvalue weighted by atomic mass is 32.1. The van der Waals surface area contributed by atoms with Crippen LogP contribution < -0.4 is 10.9 Å². The lowest BCUT2D eigenvalue weighted by atomic mass is 10.2. The van der Waals surface area contributed by atoms with Gasteiger partial charge < -0.3 is 5.32 Å². The second-order valence-electron chi connectivity index (χ2n) is 5.03. The summed E-state index contributed by atoms with van der Waals surface area (Å²) >= 11 is 1.35. The number of aromatic nitrogens is 3. The Morgan fingerprint density at radius 2 is 1.95 bits per heavy atom. The van der Waals surface area contributed by atoms with E-state index in [1.54, 1.807) is 0 Å². The van der Waals surface area contributed by atoms with Crippen LogP contribution in [0.5, 0.6) is 0 Å². The minimum atomic E-state index is -0.138. The van der Waals surface area contributed by atoms with E-state index in [9.17, 15) is 4.79 Å². The van der Waals surface area contributed by atoms with E-state index in [4.69, 9.17) is 0 Å². The summed E-state index contributed by atoms with van der Waals surface area (Å²) in [6.45, 7) is 1.96. The number of hydrogen-bond donors (Lipinski definition) is 1. The van der Waals surface area contributed by atoms with Crippen molar-refractivity contribution in [1.82, 2.24) is 14.6 Å². The van der Waals surface area contributed by atoms with Crippen LogP contribution in [0.25, 0.3) is 15.9 Å². The quantitative estimate of drug-likeness (QED) is 0.617. The molecule has 22 heavy (non-hydrogen) atoms. The Labute approximate surface area is 129 Å². The van der Waals surface area contributed by atoms with Crippen molar-refractivity contribution in [2.75, 3.05) is 5.32 Å². The van der Waals surface area contributed by atoms with E-state index in [0.29, 0.717) is 21.0 Å². The molecule has 0 bridgehead atoms. The van der Waals surface area contributed by atoms with Gasteiger partial charge in [-0.15, -0.1) is 5.10 Å². The number of para-hydroxylation sites is 1. The van der Waals surface area contributed by atoms with Crippen molar-refractivity contribution in [3.8, 4) is 0 Å². The van der Waals surface area contributed by atoms with Gasteiger partial charge in [0.15, 0.2) is 0 Å². The highest BCUT2D eigenvalue weighted by Crippen LogP contribution is 2.22. The summed E-state index contributed by atoms with van der Waals surface area (Å²) < 4.78 is 1.36. The standard InChI is InChI=1S/C16H12N4OS/c1-10-7-8-13-12(9-10)14(21)20-16(18-13)22-15(19-20)17-11-5-3-2-4-6-11/h2-9H,1H3,(H,17,19). The molecule has 0 fully saturated rings. The number of nitrogens with one attached hydrogen (secondary N) is 1. The highest BCUT2D eigenvalue weighted by molar-refractivity contribution is 7.20. The maximum Gasteiger partial charge on any atom is 0.283 e. The van der Waals surface area contributed by atoms with Crippen molar-refractivity contribution in [2.45, 2.75) is 6.92 Å². The van der Waals surface area contributed by atoms with Crippen LogP contribution in [0.3, 0.4) is 0 Å². The van der Waals surface area contributed by atoms with E-state index in [-0.39, 0.29) is 5.56 Å². The van der Waals surface area contributed by atoms with Crippen LogP contribution in [0.1, 0.15) is 5.56 Å². The number of anilines is 2. The van der Waals surface area contributed by atoms with Gasteiger partial charge in [-0.3, -0.25) is 4.79 Å². The van der Waals surface area contributed by atoms with E-state index in [1.165, 1.54) is 15.9 Å². The minimum absolute atomic E-state index is 0.138. The zero-order valence-corrected chi connectivity index (χ0v) is 12.6. The van der Waals surface area contributed by atoms with E-state index < -0.39 is 0 Å². The molecular weight excluding hydrogens is 296 g/mol. The lowest BCUT2D eigenvalue weighted by molar-refractivity contribution is 0.919. The molecule has 0 amide bonds. The Morgan fingerprint density at radius 1 is 1.14 bits per heavy atom. The number of aryl methyl sites for hydroxylation is 1. The fourth-order valence-corrected chi connectivity index (χ4v) is 3.14. The van der Waals surface area contributed by atoms with Gasteiger partial charge >= 0.3 is 0 Å². The molecular formula is C16H12N4OS. The highest BCUT2D eigenvalue weighted by Gasteiger charge is 2.11. The fourth-order valence-electron chi connectivity index (χ4n) is 2.32. The van der Waals surface area contributed by atoms with Crippen LogP contribution in [0.15, 0.2) is 53.3 Å². The molecule has 0 unspecified atom stereocenters. The molecule has 0 spiro atoms. The van der Waals surface area contributed by atoms with Gasteiger partial charge in [0, 0.05) is 5.69 Å². The summed E-state index contributed by atoms with van der Waals surface area (Å²) in [6, 6.07) is 15.4. The van der Waals surface area contributed by atoms with Crippen LogP contribution in [0, 0.1) is 6.92 Å². The van der Waals surface area contributed by atoms with Crippen LogP contribution in [0.4, 0.5) is 10.8 Å². The molecule has 0 saturated carbocycles. The predicted octanol–water partition coefficient (Wildman–Crippen LogP) is 3.36. The summed E-state index contributed by atoms with van der Waals surface area (Å²) in [7, 11) is 0. The van der Waals surface area contributed by atoms with Gasteiger partial charge in [-0.25, -0.2) is 4.98 Å². The number of nitrogens with zero attached hydrogens (tertiary/aromatic N) is 3. The molecule has 0 aliphatic carbocycles. The minimum Gasteiger partial charge on any atom is -0.330 e. The maximum absolute atomic E-state index is 12.5. The average molecular weight is 308 g/mol. The Morgan fingerprint density at radius 3 is 2.77 bits per heavy atom. The van der Waals surface area contributed by atoms with Gasteiger partial charge in [-0.2, -0.15) is 4.52 Å². The molecule has 4 aromatic rings. The first-order chi connectivity index (χ1) is 10.7. The lowest BCUT2D eigenvalue weighted by Gasteiger charge is -1.99. The molecule has 5 nitrogen and oxygen atoms in total. The molecule has 4 rings (SSSR count). The molecule has 108 valence electrons. The lowest BCUT2D eigenvalue weighted by Crippen LogP contribution is -2.15. The Kier molecular flexibility index (Phi) is 2.90. The number of rotatable bonds is 2. The molecule has 0 atom stereocenters. The van der Waals surface area contributed by atoms with E-state index in [0.717, 1.165) is 11.3 Å². The summed E-state index contributed by atoms with van der Waals surface area (Å²) in [6.07, 6.45) is 0. The van der Waals surface area contributed by atoms with Gasteiger partial charge in [-0.05, 0) is 31.2 Å². The zero-order valence-electron chi connectivity index (χ0n) is 11.8. The summed E-state index contributed by atoms with van der Waals surface area (Å²) in [5, 5.41) is 8.76. The molecule has 0 aliphatic rings. The van der Waals surface area contributed by atoms with Gasteiger partial charge in [0.05, 0.1) is 10.9 Å². The Bertz CT molecular complexity index is 1040. The van der Waals surface area contributed by atoms with Crippen molar-refractivity contribution in [3.05, 3.63) is 64.4 Å². The summed E-state index contributed by atoms with van der Waals surface area (Å²) in [5.41, 5.74) is 2.52. The smallest absolute Gasteiger partial charge is 0.283 e. The van der Waals surface area contributed by atoms with Crippen LogP contribution in [0.2, 0.25) is 0 Å². The van der Waals surface area contributed by atoms with Crippen LogP contribution in [-0.2, 0) is 0 Å². The molecule has 2 heterocycles. The summed E-state index contributed by atoms with van der Waals surface area (Å²) in [4.78, 5) is 17.6. The zero-order chi connectivity index (χ0) is 15.1. The van der Waals surface area contributed by atoms with Crippen molar-refractivity contribution in [3.63, 3.8) is 0 Å². The van der Waals surface area contributed by atoms with Crippen molar-refractivity contribution >= 4 is 38.0 Å². The van der Waals surface area contributed by atoms with E-state index in [2.05, 4.69) is 15.4 Å². The molecule has 0 radical (unpaired) electrons. The van der Waals surface area contributed by atoms with Crippen molar-refractivity contribution < 1.29 is 0 Å². The number of hydrogen-bond acceptors (Lipinski definition) is 5. The van der Waals surface area contributed by atoms with Gasteiger partial charge in [0.1, 0.15) is 0 Å². The third-order valence-corrected chi connectivity index (χ3v) is 4.20. The maximum atomic E-state index is 12.5. The molecule has 1 N–H and O–H groups in total. The Hall–Kier alpha value is -2.73. The SMILES string of the molecule is Cc1ccc2nc3sc(Nc4ccccc4)nn3c(=O)c2c1. The van der Waals surface area contributed by atoms with E-state index >= 15 is 0 Å². The summed E-state index contributed by atoms with van der Waals surface area (Å²) in [5.74, 6) is 0. The topological polar surface area (TPSA) is 59.3 Å². The first kappa shape index (κ1) is 13.0. The second kappa shape index (κ2) is 4.92. The molecule has 0 aliphatic heterocycles. The normalized spacial score (nSPS) is 11.1. The Balaban J connectivity index is 1.88. The van der Waals surface area contributed by atoms with Gasteiger partial charge in [0.25, 0.3) is 5.56 Å². The first-order valence-corrected chi connectivity index (χ1v) is 7.65. The molecule has 6 heteroatoms. The van der Waals surface area contributed by atoms with Crippen molar-refractivity contribution in [1.29, 1.82) is 0 Å². The van der Waals surface area contributed by atoms with Crippen LogP contribution >= 0.6 is 11.3 Å². The average Bonchev–Trinajstić information content (AvgIpc) is 2.92. The molecule has 0 saturated heterocycles. The molecule has 2 aromatic heterocycles. The van der Waals surface area contributed by atoms with E-state index in [1.807, 2.05) is 55.5 Å². The van der Waals surface area contributed by atoms with Crippen molar-refractivity contribution in [2.24, 2.45) is 0 Å². The number of fused-ring (bicyclic) bond motifs is 2. The first-order valence-electron chi connectivity index (χ1n) is 6.83. The largest absolute Gasteiger partial charge is 0.330 e. The third-order valence-electron chi connectivity index (χ3n) is 3.38. The predicted molar refractivity (Wildman–Crippen MR) is 89.1 cm³/mol. The molecule has 2 aromatic carbocycles. The number of benzene rings is 2. The second-order valence-corrected chi connectivity index (χ2v) is 5.99. The third kappa shape index (κ3) is 2.14. The van der Waals surface area contributed by atoms with Gasteiger partial charge in [0.2, 0.25) is 10.1 Å². The van der Waals surface area contributed by atoms with Crippen LogP contribution in [-0.4, -0.2) is 14.6 Å². The van der Waals surface area contributed by atoms with Gasteiger partial charge in [-0.1, -0.05) is 41.2 Å².